The largest absolute Gasteiger partial charge is 0.506 e. The van der Waals surface area contributed by atoms with Gasteiger partial charge in [0, 0.05) is 5.39 Å². The molecule has 0 unspecified atom stereocenters. The Hall–Kier alpha value is -1.71. The monoisotopic (exact) mass is 149 g/mol. The van der Waals surface area contributed by atoms with Gasteiger partial charge >= 0.3 is 0 Å². The van der Waals surface area contributed by atoms with Gasteiger partial charge in [0.2, 0.25) is 0 Å². The van der Waals surface area contributed by atoms with E-state index in [-0.39, 0.29) is 5.75 Å². The Bertz CT molecular complexity index is 393. The van der Waals surface area contributed by atoms with Crippen molar-refractivity contribution in [3.63, 3.8) is 0 Å². The number of nitrogen functional groups attached to an aromatic ring is 1. The Balaban J connectivity index is 2.94. The molecule has 0 amide bonds. The maximum Gasteiger partial charge on any atom is 0.153 e. The fourth-order valence-electron chi connectivity index (χ4n) is 1.05. The number of hydrogen-bond donors (Lipinski definition) is 3. The molecule has 2 rings (SSSR count). The van der Waals surface area contributed by atoms with E-state index in [1.54, 1.807) is 18.2 Å². The van der Waals surface area contributed by atoms with E-state index >= 15 is 0 Å². The van der Waals surface area contributed by atoms with E-state index in [1.807, 2.05) is 0 Å². The van der Waals surface area contributed by atoms with E-state index in [0.717, 1.165) is 5.39 Å². The van der Waals surface area contributed by atoms with E-state index in [4.69, 9.17) is 5.73 Å². The number of phenolic OH excluding ortho intramolecular Hbond substituents is 1. The number of aromatic hydroxyl groups is 1. The molecule has 11 heavy (non-hydrogen) atoms. The normalized spacial score (nSPS) is 10.5. The van der Waals surface area contributed by atoms with Crippen molar-refractivity contribution in [3.05, 3.63) is 18.2 Å². The first-order valence-electron chi connectivity index (χ1n) is 3.20. The number of anilines is 1. The summed E-state index contributed by atoms with van der Waals surface area (Å²) in [5, 5.41) is 16.4. The molecule has 1 heterocycles. The van der Waals surface area contributed by atoms with Crippen LogP contribution in [-0.2, 0) is 0 Å². The maximum absolute atomic E-state index is 9.26. The number of nitrogens with one attached hydrogen (secondary N) is 1. The van der Waals surface area contributed by atoms with Crippen molar-refractivity contribution in [2.24, 2.45) is 0 Å². The van der Waals surface area contributed by atoms with Crippen molar-refractivity contribution in [2.75, 3.05) is 5.73 Å². The van der Waals surface area contributed by atoms with E-state index in [1.165, 1.54) is 0 Å². The summed E-state index contributed by atoms with van der Waals surface area (Å²) < 4.78 is 0. The number of hydrogen-bond acceptors (Lipinski definition) is 3. The van der Waals surface area contributed by atoms with E-state index in [2.05, 4.69) is 10.2 Å². The second-order valence-electron chi connectivity index (χ2n) is 2.31. The van der Waals surface area contributed by atoms with Crippen LogP contribution in [0.5, 0.6) is 5.75 Å². The van der Waals surface area contributed by atoms with Crippen LogP contribution in [0.15, 0.2) is 18.2 Å². The minimum absolute atomic E-state index is 0.173. The highest BCUT2D eigenvalue weighted by Crippen LogP contribution is 2.24. The first kappa shape index (κ1) is 6.03. The van der Waals surface area contributed by atoms with Crippen LogP contribution in [0.2, 0.25) is 0 Å². The molecule has 0 aliphatic carbocycles. The summed E-state index contributed by atoms with van der Waals surface area (Å²) in [5.74, 6) is 0.586. The van der Waals surface area contributed by atoms with Gasteiger partial charge in [0.1, 0.15) is 11.3 Å². The second kappa shape index (κ2) is 1.88. The first-order chi connectivity index (χ1) is 5.29. The molecule has 0 aliphatic heterocycles. The van der Waals surface area contributed by atoms with E-state index in [9.17, 15) is 5.11 Å². The summed E-state index contributed by atoms with van der Waals surface area (Å²) in [5.41, 5.74) is 6.08. The molecule has 56 valence electrons. The number of aromatic amines is 1. The quantitative estimate of drug-likeness (QED) is 0.519. The summed E-state index contributed by atoms with van der Waals surface area (Å²) in [7, 11) is 0. The Kier molecular flexibility index (Phi) is 1.03. The molecule has 4 nitrogen and oxygen atoms in total. The van der Waals surface area contributed by atoms with Gasteiger partial charge in [0.25, 0.3) is 0 Å². The molecule has 0 spiro atoms. The zero-order chi connectivity index (χ0) is 7.84. The fourth-order valence-corrected chi connectivity index (χ4v) is 1.05. The Morgan fingerprint density at radius 3 is 3.00 bits per heavy atom. The van der Waals surface area contributed by atoms with Crippen molar-refractivity contribution < 1.29 is 5.11 Å². The molecule has 0 bridgehead atoms. The van der Waals surface area contributed by atoms with Crippen LogP contribution >= 0.6 is 0 Å². The fraction of sp³-hybridized carbons (Fsp3) is 0. The predicted octanol–water partition coefficient (Wildman–Crippen LogP) is 0.851. The van der Waals surface area contributed by atoms with Crippen LogP contribution < -0.4 is 5.73 Å². The van der Waals surface area contributed by atoms with Crippen LogP contribution in [-0.4, -0.2) is 15.3 Å². The molecule has 0 atom stereocenters. The van der Waals surface area contributed by atoms with Crippen molar-refractivity contribution >= 4 is 16.7 Å². The third kappa shape index (κ3) is 0.724. The zero-order valence-corrected chi connectivity index (χ0v) is 5.70. The maximum atomic E-state index is 9.26. The summed E-state index contributed by atoms with van der Waals surface area (Å²) in [4.78, 5) is 0. The van der Waals surface area contributed by atoms with E-state index in [0.29, 0.717) is 11.3 Å². The number of phenols is 1. The van der Waals surface area contributed by atoms with Gasteiger partial charge in [0.15, 0.2) is 5.82 Å². The summed E-state index contributed by atoms with van der Waals surface area (Å²) in [6.45, 7) is 0. The minimum Gasteiger partial charge on any atom is -0.506 e. The molecule has 0 saturated carbocycles. The minimum atomic E-state index is 0.173. The molecule has 2 aromatic rings. The van der Waals surface area contributed by atoms with Gasteiger partial charge in [-0.25, -0.2) is 0 Å². The smallest absolute Gasteiger partial charge is 0.153 e. The van der Waals surface area contributed by atoms with Gasteiger partial charge in [-0.3, -0.25) is 5.10 Å². The number of benzene rings is 1. The molecule has 1 aromatic heterocycles. The average Bonchev–Trinajstić information content (AvgIpc) is 2.35. The molecule has 0 aliphatic rings. The number of nitrogens with two attached hydrogens (primary N) is 1. The first-order valence-corrected chi connectivity index (χ1v) is 3.20. The number of para-hydroxylation sites is 1. The standard InChI is InChI=1S/C7H7N3O/c8-7-4-2-1-3-5(11)6(4)9-10-7/h1-3,11H,(H3,8,9,10). The Labute approximate surface area is 62.6 Å². The van der Waals surface area contributed by atoms with Gasteiger partial charge in [-0.1, -0.05) is 6.07 Å². The molecule has 4 heteroatoms. The number of rotatable bonds is 0. The lowest BCUT2D eigenvalue weighted by atomic mass is 10.2. The molecular formula is C7H7N3O. The van der Waals surface area contributed by atoms with Gasteiger partial charge in [-0.05, 0) is 12.1 Å². The molecular weight excluding hydrogens is 142 g/mol. The molecule has 4 N–H and O–H groups in total. The number of nitrogens with zero attached hydrogens (tertiary/aromatic N) is 1. The van der Waals surface area contributed by atoms with Gasteiger partial charge in [0.05, 0.1) is 0 Å². The third-order valence-corrected chi connectivity index (χ3v) is 1.61. The van der Waals surface area contributed by atoms with Crippen molar-refractivity contribution in [2.45, 2.75) is 0 Å². The number of fused-ring (bicyclic) bond motifs is 1. The predicted molar refractivity (Wildman–Crippen MR) is 42.2 cm³/mol. The Morgan fingerprint density at radius 2 is 2.27 bits per heavy atom. The number of H-pyrrole nitrogens is 1. The Morgan fingerprint density at radius 1 is 1.45 bits per heavy atom. The molecule has 0 radical (unpaired) electrons. The van der Waals surface area contributed by atoms with Crippen molar-refractivity contribution in [1.29, 1.82) is 0 Å². The third-order valence-electron chi connectivity index (χ3n) is 1.61. The van der Waals surface area contributed by atoms with Crippen LogP contribution in [0.1, 0.15) is 0 Å². The van der Waals surface area contributed by atoms with Crippen LogP contribution in [0.4, 0.5) is 5.82 Å². The summed E-state index contributed by atoms with van der Waals surface area (Å²) >= 11 is 0. The number of aromatic nitrogens is 2. The molecule has 0 saturated heterocycles. The lowest BCUT2D eigenvalue weighted by molar-refractivity contribution is 0.480. The van der Waals surface area contributed by atoms with E-state index < -0.39 is 0 Å². The van der Waals surface area contributed by atoms with Gasteiger partial charge in [-0.2, -0.15) is 5.10 Å². The lowest BCUT2D eigenvalue weighted by Gasteiger charge is -1.91. The zero-order valence-electron chi connectivity index (χ0n) is 5.70. The van der Waals surface area contributed by atoms with Crippen LogP contribution in [0.3, 0.4) is 0 Å². The van der Waals surface area contributed by atoms with Crippen molar-refractivity contribution in [1.82, 2.24) is 10.2 Å². The van der Waals surface area contributed by atoms with Gasteiger partial charge < -0.3 is 10.8 Å². The highest BCUT2D eigenvalue weighted by molar-refractivity contribution is 5.92. The SMILES string of the molecule is Nc1n[nH]c2c(O)cccc12. The second-order valence-corrected chi connectivity index (χ2v) is 2.31. The molecule has 0 fully saturated rings. The highest BCUT2D eigenvalue weighted by Gasteiger charge is 2.03. The molecule has 1 aromatic carbocycles. The topological polar surface area (TPSA) is 74.9 Å². The average molecular weight is 149 g/mol. The summed E-state index contributed by atoms with van der Waals surface area (Å²) in [6, 6.07) is 5.11. The highest BCUT2D eigenvalue weighted by atomic mass is 16.3. The summed E-state index contributed by atoms with van der Waals surface area (Å²) in [6.07, 6.45) is 0. The lowest BCUT2D eigenvalue weighted by Crippen LogP contribution is -1.82. The van der Waals surface area contributed by atoms with Crippen LogP contribution in [0, 0.1) is 0 Å². The van der Waals surface area contributed by atoms with Crippen LogP contribution in [0.25, 0.3) is 10.9 Å². The van der Waals surface area contributed by atoms with Gasteiger partial charge in [-0.15, -0.1) is 0 Å². The van der Waals surface area contributed by atoms with Crippen molar-refractivity contribution in [3.8, 4) is 5.75 Å².